The first-order valence-electron chi connectivity index (χ1n) is 5.78. The van der Waals surface area contributed by atoms with Gasteiger partial charge in [0.1, 0.15) is 0 Å². The molecule has 0 amide bonds. The lowest BCUT2D eigenvalue weighted by atomic mass is 9.85. The Kier molecular flexibility index (Phi) is 5.07. The lowest BCUT2D eigenvalue weighted by Gasteiger charge is -2.19. The van der Waals surface area contributed by atoms with E-state index in [9.17, 15) is 32.9 Å². The number of rotatable bonds is 6. The maximum Gasteiger partial charge on any atom is 0.416 e. The fourth-order valence-electron chi connectivity index (χ4n) is 1.96. The number of benzene rings is 1. The van der Waals surface area contributed by atoms with Crippen LogP contribution in [0.1, 0.15) is 17.0 Å². The van der Waals surface area contributed by atoms with Gasteiger partial charge < -0.3 is 10.2 Å². The maximum absolute atomic E-state index is 12.6. The predicted molar refractivity (Wildman–Crippen MR) is 64.8 cm³/mol. The molecule has 2 N–H and O–H groups in total. The Morgan fingerprint density at radius 3 is 2.18 bits per heavy atom. The Morgan fingerprint density at radius 2 is 1.77 bits per heavy atom. The van der Waals surface area contributed by atoms with Gasteiger partial charge in [0.2, 0.25) is 6.54 Å². The fraction of sp³-hybridized carbons (Fsp3) is 0.333. The second-order valence-electron chi connectivity index (χ2n) is 4.40. The van der Waals surface area contributed by atoms with Crippen molar-refractivity contribution in [2.75, 3.05) is 6.54 Å². The van der Waals surface area contributed by atoms with Crippen molar-refractivity contribution in [3.63, 3.8) is 0 Å². The Morgan fingerprint density at radius 1 is 1.23 bits per heavy atom. The molecule has 0 aliphatic carbocycles. The maximum atomic E-state index is 12.6. The molecule has 1 atom stereocenters. The number of carboxylic acid groups (broad SMARTS) is 2. The quantitative estimate of drug-likeness (QED) is 0.469. The van der Waals surface area contributed by atoms with E-state index in [4.69, 9.17) is 10.2 Å². The highest BCUT2D eigenvalue weighted by Gasteiger charge is 2.40. The third-order valence-corrected chi connectivity index (χ3v) is 2.92. The highest BCUT2D eigenvalue weighted by atomic mass is 19.4. The molecule has 0 fully saturated rings. The first-order valence-corrected chi connectivity index (χ1v) is 5.78. The zero-order valence-electron chi connectivity index (χ0n) is 10.8. The normalized spacial score (nSPS) is 12.9. The number of nitrogens with zero attached hydrogens (tertiary/aromatic N) is 1. The zero-order chi connectivity index (χ0) is 17.1. The molecule has 0 aromatic heterocycles. The van der Waals surface area contributed by atoms with Gasteiger partial charge in [0.25, 0.3) is 0 Å². The molecule has 0 unspecified atom stereocenters. The van der Waals surface area contributed by atoms with E-state index in [0.29, 0.717) is 12.1 Å². The van der Waals surface area contributed by atoms with Crippen LogP contribution in [0.2, 0.25) is 0 Å². The van der Waals surface area contributed by atoms with E-state index < -0.39 is 47.0 Å². The number of halogens is 3. The predicted octanol–water partition coefficient (Wildman–Crippen LogP) is 1.85. The van der Waals surface area contributed by atoms with Crippen molar-refractivity contribution in [3.8, 4) is 0 Å². The lowest BCUT2D eigenvalue weighted by Crippen LogP contribution is -2.33. The van der Waals surface area contributed by atoms with Gasteiger partial charge in [0.15, 0.2) is 5.92 Å². The van der Waals surface area contributed by atoms with Gasteiger partial charge in [-0.15, -0.1) is 0 Å². The number of nitro groups is 1. The molecular weight excluding hydrogens is 311 g/mol. The van der Waals surface area contributed by atoms with Crippen LogP contribution in [0.25, 0.3) is 0 Å². The third-order valence-electron chi connectivity index (χ3n) is 2.92. The summed E-state index contributed by atoms with van der Waals surface area (Å²) in [6.45, 7) is -1.12. The molecule has 10 heteroatoms. The second kappa shape index (κ2) is 6.41. The number of aliphatic carboxylic acids is 2. The second-order valence-corrected chi connectivity index (χ2v) is 4.40. The van der Waals surface area contributed by atoms with Crippen molar-refractivity contribution in [2.45, 2.75) is 12.1 Å². The Bertz CT molecular complexity index is 587. The van der Waals surface area contributed by atoms with Crippen molar-refractivity contribution in [1.29, 1.82) is 0 Å². The van der Waals surface area contributed by atoms with Crippen LogP contribution < -0.4 is 0 Å². The molecule has 0 spiro atoms. The molecule has 0 saturated carbocycles. The number of carboxylic acids is 2. The smallest absolute Gasteiger partial charge is 0.416 e. The van der Waals surface area contributed by atoms with E-state index in [1.165, 1.54) is 0 Å². The van der Waals surface area contributed by atoms with Crippen LogP contribution in [-0.2, 0) is 15.8 Å². The van der Waals surface area contributed by atoms with Crippen LogP contribution >= 0.6 is 0 Å². The number of hydrogen-bond donors (Lipinski definition) is 2. The molecule has 7 nitrogen and oxygen atoms in total. The van der Waals surface area contributed by atoms with Crippen LogP contribution in [0.4, 0.5) is 13.2 Å². The first-order chi connectivity index (χ1) is 10.0. The van der Waals surface area contributed by atoms with Crippen molar-refractivity contribution >= 4 is 11.9 Å². The first kappa shape index (κ1) is 17.4. The summed E-state index contributed by atoms with van der Waals surface area (Å²) in [6, 6.07) is 3.18. The third kappa shape index (κ3) is 4.17. The van der Waals surface area contributed by atoms with Gasteiger partial charge in [-0.2, -0.15) is 13.2 Å². The average Bonchev–Trinajstić information content (AvgIpc) is 2.35. The van der Waals surface area contributed by atoms with E-state index in [1.807, 2.05) is 0 Å². The molecule has 22 heavy (non-hydrogen) atoms. The van der Waals surface area contributed by atoms with Crippen LogP contribution in [0, 0.1) is 16.0 Å². The summed E-state index contributed by atoms with van der Waals surface area (Å²) in [5.41, 5.74) is -1.52. The summed E-state index contributed by atoms with van der Waals surface area (Å²) < 4.78 is 37.9. The summed E-state index contributed by atoms with van der Waals surface area (Å²) in [5, 5.41) is 28.4. The van der Waals surface area contributed by atoms with Gasteiger partial charge in [0.05, 0.1) is 11.5 Å². The molecule has 1 rings (SSSR count). The highest BCUT2D eigenvalue weighted by Crippen LogP contribution is 2.33. The van der Waals surface area contributed by atoms with E-state index >= 15 is 0 Å². The van der Waals surface area contributed by atoms with Gasteiger partial charge in [-0.25, -0.2) is 0 Å². The number of alkyl halides is 3. The van der Waals surface area contributed by atoms with E-state index in [1.54, 1.807) is 0 Å². The summed E-state index contributed by atoms with van der Waals surface area (Å²) >= 11 is 0. The summed E-state index contributed by atoms with van der Waals surface area (Å²) in [4.78, 5) is 31.6. The standard InChI is InChI=1S/C12H10F3NO6/c13-12(14,15)7-3-1-2-6(4-7)8(5-16(21)22)9(10(17)18)11(19)20/h1-4,8-9H,5H2,(H,17,18)(H,19,20)/t8-/m1/s1. The average molecular weight is 321 g/mol. The molecule has 1 aromatic carbocycles. The Labute approximate surface area is 121 Å². The van der Waals surface area contributed by atoms with Crippen LogP contribution in [0.3, 0.4) is 0 Å². The molecule has 0 bridgehead atoms. The number of carbonyl (C=O) groups is 2. The molecule has 0 heterocycles. The van der Waals surface area contributed by atoms with Crippen LogP contribution in [0.15, 0.2) is 24.3 Å². The summed E-state index contributed by atoms with van der Waals surface area (Å²) in [5.74, 6) is -7.69. The Hall–Kier alpha value is -2.65. The summed E-state index contributed by atoms with van der Waals surface area (Å²) in [6.07, 6.45) is -4.74. The van der Waals surface area contributed by atoms with Gasteiger partial charge in [-0.3, -0.25) is 19.7 Å². The minimum Gasteiger partial charge on any atom is -0.481 e. The molecule has 0 aliphatic heterocycles. The fourth-order valence-corrected chi connectivity index (χ4v) is 1.96. The van der Waals surface area contributed by atoms with Crippen molar-refractivity contribution in [1.82, 2.24) is 0 Å². The van der Waals surface area contributed by atoms with E-state index in [2.05, 4.69) is 0 Å². The van der Waals surface area contributed by atoms with Gasteiger partial charge in [0, 0.05) is 4.92 Å². The SMILES string of the molecule is O=C(O)C(C(=O)O)[C@H](C[N+](=O)[O-])c1cccc(C(F)(F)F)c1. The molecule has 0 saturated heterocycles. The molecule has 120 valence electrons. The van der Waals surface area contributed by atoms with Crippen LogP contribution in [0.5, 0.6) is 0 Å². The molecule has 0 radical (unpaired) electrons. The largest absolute Gasteiger partial charge is 0.481 e. The Balaban J connectivity index is 3.36. The van der Waals surface area contributed by atoms with E-state index in [0.717, 1.165) is 12.1 Å². The highest BCUT2D eigenvalue weighted by molar-refractivity contribution is 5.94. The minimum atomic E-state index is -4.74. The van der Waals surface area contributed by atoms with Gasteiger partial charge in [-0.1, -0.05) is 18.2 Å². The van der Waals surface area contributed by atoms with E-state index in [-0.39, 0.29) is 5.56 Å². The van der Waals surface area contributed by atoms with Gasteiger partial charge >= 0.3 is 18.1 Å². The van der Waals surface area contributed by atoms with Crippen LogP contribution in [-0.4, -0.2) is 33.6 Å². The summed E-state index contributed by atoms with van der Waals surface area (Å²) in [7, 11) is 0. The topological polar surface area (TPSA) is 118 Å². The van der Waals surface area contributed by atoms with Crippen molar-refractivity contribution in [2.24, 2.45) is 5.92 Å². The molecule has 0 aliphatic rings. The van der Waals surface area contributed by atoms with Gasteiger partial charge in [-0.05, 0) is 11.6 Å². The zero-order valence-corrected chi connectivity index (χ0v) is 10.8. The monoisotopic (exact) mass is 321 g/mol. The van der Waals surface area contributed by atoms with Crippen molar-refractivity contribution in [3.05, 3.63) is 45.5 Å². The molecular formula is C12H10F3NO6. The molecule has 1 aromatic rings. The lowest BCUT2D eigenvalue weighted by molar-refractivity contribution is -0.484. The minimum absolute atomic E-state index is 0.374. The number of hydrogen-bond acceptors (Lipinski definition) is 4. The van der Waals surface area contributed by atoms with Crippen molar-refractivity contribution < 1.29 is 37.9 Å².